The molecule has 0 heterocycles. The normalized spacial score (nSPS) is 12.3. The minimum atomic E-state index is -3.77. The molecule has 0 bridgehead atoms. The van der Waals surface area contributed by atoms with Gasteiger partial charge in [-0.15, -0.1) is 0 Å². The Balaban J connectivity index is 2.08. The molecule has 146 valence electrons. The van der Waals surface area contributed by atoms with E-state index in [0.29, 0.717) is 36.6 Å². The SMILES string of the molecule is CCOc1ccc(S(=O)(=O)Nc2cccc(C(=O)NCCC(C)N)c2)cc1. The number of benzene rings is 2. The van der Waals surface area contributed by atoms with Gasteiger partial charge in [0.2, 0.25) is 0 Å². The van der Waals surface area contributed by atoms with E-state index in [-0.39, 0.29) is 16.8 Å². The van der Waals surface area contributed by atoms with E-state index in [4.69, 9.17) is 10.5 Å². The average molecular weight is 391 g/mol. The van der Waals surface area contributed by atoms with Crippen LogP contribution in [0.1, 0.15) is 30.6 Å². The Morgan fingerprint density at radius 3 is 2.52 bits per heavy atom. The highest BCUT2D eigenvalue weighted by Crippen LogP contribution is 2.20. The average Bonchev–Trinajstić information content (AvgIpc) is 2.62. The lowest BCUT2D eigenvalue weighted by Crippen LogP contribution is -2.29. The molecule has 0 saturated carbocycles. The van der Waals surface area contributed by atoms with Gasteiger partial charge in [0, 0.05) is 23.8 Å². The summed E-state index contributed by atoms with van der Waals surface area (Å²) in [5.74, 6) is 0.319. The van der Waals surface area contributed by atoms with Crippen molar-refractivity contribution in [2.45, 2.75) is 31.2 Å². The summed E-state index contributed by atoms with van der Waals surface area (Å²) in [6.07, 6.45) is 0.663. The third kappa shape index (κ3) is 6.26. The van der Waals surface area contributed by atoms with Gasteiger partial charge in [-0.3, -0.25) is 9.52 Å². The smallest absolute Gasteiger partial charge is 0.261 e. The standard InChI is InChI=1S/C19H25N3O4S/c1-3-26-17-7-9-18(10-8-17)27(24,25)22-16-6-4-5-15(13-16)19(23)21-12-11-14(2)20/h4-10,13-14,22H,3,11-12,20H2,1-2H3,(H,21,23). The lowest BCUT2D eigenvalue weighted by atomic mass is 10.2. The lowest BCUT2D eigenvalue weighted by Gasteiger charge is -2.11. The van der Waals surface area contributed by atoms with Crippen LogP contribution in [-0.4, -0.2) is 33.5 Å². The first-order valence-corrected chi connectivity index (χ1v) is 10.2. The van der Waals surface area contributed by atoms with E-state index in [9.17, 15) is 13.2 Å². The Kier molecular flexibility index (Phi) is 7.20. The van der Waals surface area contributed by atoms with Gasteiger partial charge < -0.3 is 15.8 Å². The number of hydrogen-bond donors (Lipinski definition) is 3. The molecule has 1 unspecified atom stereocenters. The molecule has 4 N–H and O–H groups in total. The van der Waals surface area contributed by atoms with Crippen molar-refractivity contribution >= 4 is 21.6 Å². The van der Waals surface area contributed by atoms with Gasteiger partial charge in [-0.05, 0) is 62.7 Å². The number of amides is 1. The zero-order valence-electron chi connectivity index (χ0n) is 15.4. The fourth-order valence-corrected chi connectivity index (χ4v) is 3.38. The summed E-state index contributed by atoms with van der Waals surface area (Å²) in [4.78, 5) is 12.3. The monoisotopic (exact) mass is 391 g/mol. The summed E-state index contributed by atoms with van der Waals surface area (Å²) in [5, 5.41) is 2.76. The molecule has 7 nitrogen and oxygen atoms in total. The van der Waals surface area contributed by atoms with E-state index >= 15 is 0 Å². The molecule has 0 spiro atoms. The first-order chi connectivity index (χ1) is 12.8. The fraction of sp³-hybridized carbons (Fsp3) is 0.316. The van der Waals surface area contributed by atoms with Gasteiger partial charge in [-0.25, -0.2) is 8.42 Å². The van der Waals surface area contributed by atoms with Crippen molar-refractivity contribution in [1.29, 1.82) is 0 Å². The molecule has 0 aromatic heterocycles. The van der Waals surface area contributed by atoms with Gasteiger partial charge in [-0.2, -0.15) is 0 Å². The van der Waals surface area contributed by atoms with E-state index in [1.165, 1.54) is 18.2 Å². The highest BCUT2D eigenvalue weighted by molar-refractivity contribution is 7.92. The van der Waals surface area contributed by atoms with Crippen LogP contribution in [0.5, 0.6) is 5.75 Å². The number of anilines is 1. The number of hydrogen-bond acceptors (Lipinski definition) is 5. The summed E-state index contributed by atoms with van der Waals surface area (Å²) < 4.78 is 32.9. The summed E-state index contributed by atoms with van der Waals surface area (Å²) in [6.45, 7) is 4.68. The van der Waals surface area contributed by atoms with Crippen LogP contribution in [-0.2, 0) is 10.0 Å². The second kappa shape index (κ2) is 9.38. The zero-order chi connectivity index (χ0) is 19.9. The molecule has 0 radical (unpaired) electrons. The van der Waals surface area contributed by atoms with Crippen LogP contribution in [0, 0.1) is 0 Å². The molecule has 2 aromatic rings. The molecule has 0 aliphatic heterocycles. The van der Waals surface area contributed by atoms with Gasteiger partial charge in [0.15, 0.2) is 0 Å². The van der Waals surface area contributed by atoms with E-state index < -0.39 is 10.0 Å². The Morgan fingerprint density at radius 2 is 1.89 bits per heavy atom. The maximum absolute atomic E-state index is 12.5. The number of carbonyl (C=O) groups is 1. The van der Waals surface area contributed by atoms with Crippen LogP contribution in [0.2, 0.25) is 0 Å². The van der Waals surface area contributed by atoms with Crippen molar-refractivity contribution < 1.29 is 17.9 Å². The predicted molar refractivity (Wildman–Crippen MR) is 105 cm³/mol. The van der Waals surface area contributed by atoms with Crippen LogP contribution in [0.3, 0.4) is 0 Å². The maximum Gasteiger partial charge on any atom is 0.261 e. The number of ether oxygens (including phenoxy) is 1. The maximum atomic E-state index is 12.5. The molecular weight excluding hydrogens is 366 g/mol. The van der Waals surface area contributed by atoms with Crippen LogP contribution < -0.4 is 20.5 Å². The van der Waals surface area contributed by atoms with Crippen LogP contribution in [0.4, 0.5) is 5.69 Å². The quantitative estimate of drug-likeness (QED) is 0.608. The first kappa shape index (κ1) is 20.7. The van der Waals surface area contributed by atoms with Gasteiger partial charge in [0.25, 0.3) is 15.9 Å². The van der Waals surface area contributed by atoms with E-state index in [2.05, 4.69) is 10.0 Å². The van der Waals surface area contributed by atoms with Crippen LogP contribution in [0.15, 0.2) is 53.4 Å². The van der Waals surface area contributed by atoms with Gasteiger partial charge in [0.05, 0.1) is 11.5 Å². The van der Waals surface area contributed by atoms with Gasteiger partial charge in [0.1, 0.15) is 5.75 Å². The Hall–Kier alpha value is -2.58. The number of nitrogens with one attached hydrogen (secondary N) is 2. The van der Waals surface area contributed by atoms with Gasteiger partial charge >= 0.3 is 0 Å². The van der Waals surface area contributed by atoms with Crippen molar-refractivity contribution in [2.24, 2.45) is 5.73 Å². The second-order valence-corrected chi connectivity index (χ2v) is 7.79. The highest BCUT2D eigenvalue weighted by atomic mass is 32.2. The van der Waals surface area contributed by atoms with E-state index in [1.807, 2.05) is 13.8 Å². The first-order valence-electron chi connectivity index (χ1n) is 8.71. The topological polar surface area (TPSA) is 111 Å². The van der Waals surface area contributed by atoms with E-state index in [1.54, 1.807) is 30.3 Å². The van der Waals surface area contributed by atoms with Crippen molar-refractivity contribution in [3.8, 4) is 5.75 Å². The fourth-order valence-electron chi connectivity index (χ4n) is 2.34. The molecule has 8 heteroatoms. The number of rotatable bonds is 9. The summed E-state index contributed by atoms with van der Waals surface area (Å²) >= 11 is 0. The van der Waals surface area contributed by atoms with Crippen molar-refractivity contribution in [3.05, 3.63) is 54.1 Å². The number of sulfonamides is 1. The Bertz CT molecular complexity index is 865. The highest BCUT2D eigenvalue weighted by Gasteiger charge is 2.15. The molecule has 1 atom stereocenters. The largest absolute Gasteiger partial charge is 0.494 e. The van der Waals surface area contributed by atoms with E-state index in [0.717, 1.165) is 0 Å². The lowest BCUT2D eigenvalue weighted by molar-refractivity contribution is 0.0953. The Morgan fingerprint density at radius 1 is 1.19 bits per heavy atom. The Labute approximate surface area is 160 Å². The summed E-state index contributed by atoms with van der Waals surface area (Å²) in [7, 11) is -3.77. The second-order valence-electron chi connectivity index (χ2n) is 6.11. The molecule has 2 rings (SSSR count). The predicted octanol–water partition coefficient (Wildman–Crippen LogP) is 2.35. The molecule has 0 fully saturated rings. The van der Waals surface area contributed by atoms with Gasteiger partial charge in [-0.1, -0.05) is 6.07 Å². The minimum Gasteiger partial charge on any atom is -0.494 e. The summed E-state index contributed by atoms with van der Waals surface area (Å²) in [5.41, 5.74) is 6.33. The summed E-state index contributed by atoms with van der Waals surface area (Å²) in [6, 6.07) is 12.5. The minimum absolute atomic E-state index is 0.00226. The molecule has 0 saturated heterocycles. The molecule has 0 aliphatic rings. The third-order valence-corrected chi connectivity index (χ3v) is 5.10. The number of nitrogens with two attached hydrogens (primary N) is 1. The van der Waals surface area contributed by atoms with Crippen molar-refractivity contribution in [3.63, 3.8) is 0 Å². The molecular formula is C19H25N3O4S. The number of carbonyl (C=O) groups excluding carboxylic acids is 1. The zero-order valence-corrected chi connectivity index (χ0v) is 16.3. The van der Waals surface area contributed by atoms with Crippen molar-refractivity contribution in [1.82, 2.24) is 5.32 Å². The molecule has 27 heavy (non-hydrogen) atoms. The molecule has 1 amide bonds. The van der Waals surface area contributed by atoms with Crippen molar-refractivity contribution in [2.75, 3.05) is 17.9 Å². The molecule has 0 aliphatic carbocycles. The van der Waals surface area contributed by atoms with Crippen LogP contribution in [0.25, 0.3) is 0 Å². The van der Waals surface area contributed by atoms with Crippen LogP contribution >= 0.6 is 0 Å². The third-order valence-electron chi connectivity index (χ3n) is 3.71. The molecule has 2 aromatic carbocycles.